The SMILES string of the molecule is CC(C)(C)OC(=O)Nc1cc(NC(=O)COc2ccc(F)cc2)ccc1F. The second-order valence-corrected chi connectivity index (χ2v) is 6.61. The summed E-state index contributed by atoms with van der Waals surface area (Å²) in [5.41, 5.74) is -0.610. The van der Waals surface area contributed by atoms with Gasteiger partial charge >= 0.3 is 6.09 Å². The summed E-state index contributed by atoms with van der Waals surface area (Å²) in [6, 6.07) is 8.90. The van der Waals surface area contributed by atoms with Crippen LogP contribution in [0, 0.1) is 11.6 Å². The minimum absolute atomic E-state index is 0.137. The summed E-state index contributed by atoms with van der Waals surface area (Å²) in [5, 5.41) is 4.81. The van der Waals surface area contributed by atoms with Gasteiger partial charge < -0.3 is 14.8 Å². The van der Waals surface area contributed by atoms with E-state index in [0.717, 1.165) is 6.07 Å². The Bertz CT molecular complexity index is 817. The fraction of sp³-hybridized carbons (Fsp3) is 0.263. The summed E-state index contributed by atoms with van der Waals surface area (Å²) in [6.45, 7) is 4.72. The fourth-order valence-corrected chi connectivity index (χ4v) is 1.99. The van der Waals surface area contributed by atoms with E-state index >= 15 is 0 Å². The van der Waals surface area contributed by atoms with Crippen LogP contribution in [0.3, 0.4) is 0 Å². The molecule has 2 aromatic rings. The van der Waals surface area contributed by atoms with Crippen molar-refractivity contribution in [2.24, 2.45) is 0 Å². The molecule has 2 N–H and O–H groups in total. The highest BCUT2D eigenvalue weighted by Gasteiger charge is 2.17. The average Bonchev–Trinajstić information content (AvgIpc) is 2.56. The van der Waals surface area contributed by atoms with Crippen LogP contribution < -0.4 is 15.4 Å². The highest BCUT2D eigenvalue weighted by molar-refractivity contribution is 5.93. The number of ether oxygens (including phenoxy) is 2. The molecule has 0 spiro atoms. The molecular weight excluding hydrogens is 358 g/mol. The standard InChI is InChI=1S/C19H20F2N2O4/c1-19(2,3)27-18(25)23-16-10-13(6-9-15(16)21)22-17(24)11-26-14-7-4-12(20)5-8-14/h4-10H,11H2,1-3H3,(H,22,24)(H,23,25). The Morgan fingerprint density at radius 1 is 1.00 bits per heavy atom. The van der Waals surface area contributed by atoms with Crippen molar-refractivity contribution >= 4 is 23.4 Å². The molecule has 2 rings (SSSR count). The molecule has 0 saturated heterocycles. The quantitative estimate of drug-likeness (QED) is 0.812. The molecule has 0 bridgehead atoms. The lowest BCUT2D eigenvalue weighted by molar-refractivity contribution is -0.118. The summed E-state index contributed by atoms with van der Waals surface area (Å²) in [6.07, 6.45) is -0.815. The molecule has 0 unspecified atom stereocenters. The van der Waals surface area contributed by atoms with Crippen LogP contribution in [-0.4, -0.2) is 24.2 Å². The third-order valence-corrected chi connectivity index (χ3v) is 3.07. The molecular formula is C19H20F2N2O4. The first-order valence-electron chi connectivity index (χ1n) is 8.10. The van der Waals surface area contributed by atoms with Crippen molar-refractivity contribution in [3.8, 4) is 5.75 Å². The number of halogens is 2. The van der Waals surface area contributed by atoms with Gasteiger partial charge in [0, 0.05) is 5.69 Å². The maximum atomic E-state index is 13.9. The molecule has 0 aromatic heterocycles. The first kappa shape index (κ1) is 20.2. The lowest BCUT2D eigenvalue weighted by atomic mass is 10.2. The number of carbonyl (C=O) groups is 2. The van der Waals surface area contributed by atoms with Gasteiger partial charge in [-0.3, -0.25) is 10.1 Å². The predicted octanol–water partition coefficient (Wildman–Crippen LogP) is 4.33. The normalized spacial score (nSPS) is 10.9. The molecule has 2 aromatic carbocycles. The molecule has 2 amide bonds. The van der Waals surface area contributed by atoms with E-state index in [2.05, 4.69) is 10.6 Å². The van der Waals surface area contributed by atoms with Crippen LogP contribution in [0.1, 0.15) is 20.8 Å². The maximum Gasteiger partial charge on any atom is 0.412 e. The number of benzene rings is 2. The predicted molar refractivity (Wildman–Crippen MR) is 96.8 cm³/mol. The third-order valence-electron chi connectivity index (χ3n) is 3.07. The number of hydrogen-bond acceptors (Lipinski definition) is 4. The number of rotatable bonds is 5. The molecule has 8 heteroatoms. The van der Waals surface area contributed by atoms with Crippen molar-refractivity contribution in [1.82, 2.24) is 0 Å². The first-order valence-corrected chi connectivity index (χ1v) is 8.10. The molecule has 0 aliphatic heterocycles. The van der Waals surface area contributed by atoms with E-state index < -0.39 is 29.2 Å². The Hall–Kier alpha value is -3.16. The number of nitrogens with one attached hydrogen (secondary N) is 2. The Morgan fingerprint density at radius 2 is 1.67 bits per heavy atom. The van der Waals surface area contributed by atoms with Crippen molar-refractivity contribution in [3.63, 3.8) is 0 Å². The molecule has 0 atom stereocenters. The van der Waals surface area contributed by atoms with Gasteiger partial charge in [-0.2, -0.15) is 0 Å². The molecule has 0 saturated carbocycles. The summed E-state index contributed by atoms with van der Waals surface area (Å²) in [7, 11) is 0. The van der Waals surface area contributed by atoms with Gasteiger partial charge in [-0.05, 0) is 63.2 Å². The van der Waals surface area contributed by atoms with Crippen LogP contribution >= 0.6 is 0 Å². The Balaban J connectivity index is 1.95. The van der Waals surface area contributed by atoms with Gasteiger partial charge in [0.25, 0.3) is 5.91 Å². The van der Waals surface area contributed by atoms with Crippen LogP contribution in [-0.2, 0) is 9.53 Å². The van der Waals surface area contributed by atoms with Crippen molar-refractivity contribution < 1.29 is 27.8 Å². The van der Waals surface area contributed by atoms with E-state index in [1.807, 2.05) is 0 Å². The minimum atomic E-state index is -0.815. The third kappa shape index (κ3) is 6.93. The van der Waals surface area contributed by atoms with E-state index in [1.54, 1.807) is 20.8 Å². The fourth-order valence-electron chi connectivity index (χ4n) is 1.99. The molecule has 0 heterocycles. The van der Waals surface area contributed by atoms with Gasteiger partial charge in [0.05, 0.1) is 5.69 Å². The van der Waals surface area contributed by atoms with E-state index in [-0.39, 0.29) is 18.0 Å². The van der Waals surface area contributed by atoms with Crippen LogP contribution in [0.5, 0.6) is 5.75 Å². The van der Waals surface area contributed by atoms with E-state index in [0.29, 0.717) is 5.75 Å². The second-order valence-electron chi connectivity index (χ2n) is 6.61. The van der Waals surface area contributed by atoms with Crippen LogP contribution in [0.4, 0.5) is 25.0 Å². The number of anilines is 2. The highest BCUT2D eigenvalue weighted by Crippen LogP contribution is 2.21. The van der Waals surface area contributed by atoms with Gasteiger partial charge in [0.2, 0.25) is 0 Å². The van der Waals surface area contributed by atoms with E-state index in [4.69, 9.17) is 9.47 Å². The van der Waals surface area contributed by atoms with Gasteiger partial charge in [-0.25, -0.2) is 13.6 Å². The van der Waals surface area contributed by atoms with Crippen LogP contribution in [0.2, 0.25) is 0 Å². The summed E-state index contributed by atoms with van der Waals surface area (Å²) >= 11 is 0. The van der Waals surface area contributed by atoms with Crippen LogP contribution in [0.15, 0.2) is 42.5 Å². The van der Waals surface area contributed by atoms with Gasteiger partial charge in [0.15, 0.2) is 6.61 Å². The Morgan fingerprint density at radius 3 is 2.30 bits per heavy atom. The lowest BCUT2D eigenvalue weighted by Gasteiger charge is -2.20. The number of amides is 2. The molecule has 27 heavy (non-hydrogen) atoms. The maximum absolute atomic E-state index is 13.9. The van der Waals surface area contributed by atoms with Crippen molar-refractivity contribution in [1.29, 1.82) is 0 Å². The zero-order valence-electron chi connectivity index (χ0n) is 15.1. The first-order chi connectivity index (χ1) is 12.6. The molecule has 0 aliphatic rings. The minimum Gasteiger partial charge on any atom is -0.484 e. The lowest BCUT2D eigenvalue weighted by Crippen LogP contribution is -2.27. The monoisotopic (exact) mass is 378 g/mol. The van der Waals surface area contributed by atoms with Crippen molar-refractivity contribution in [2.75, 3.05) is 17.2 Å². The Labute approximate surface area is 155 Å². The summed E-state index contributed by atoms with van der Waals surface area (Å²) in [5.74, 6) is -1.27. The van der Waals surface area contributed by atoms with Crippen molar-refractivity contribution in [3.05, 3.63) is 54.1 Å². The zero-order chi connectivity index (χ0) is 20.0. The highest BCUT2D eigenvalue weighted by atomic mass is 19.1. The topological polar surface area (TPSA) is 76.7 Å². The largest absolute Gasteiger partial charge is 0.484 e. The zero-order valence-corrected chi connectivity index (χ0v) is 15.1. The molecule has 0 fully saturated rings. The summed E-state index contributed by atoms with van der Waals surface area (Å²) < 4.78 is 37.0. The van der Waals surface area contributed by atoms with Gasteiger partial charge in [-0.15, -0.1) is 0 Å². The molecule has 0 aliphatic carbocycles. The van der Waals surface area contributed by atoms with Crippen molar-refractivity contribution in [2.45, 2.75) is 26.4 Å². The van der Waals surface area contributed by atoms with E-state index in [1.165, 1.54) is 36.4 Å². The smallest absolute Gasteiger partial charge is 0.412 e. The van der Waals surface area contributed by atoms with Gasteiger partial charge in [0.1, 0.15) is 23.0 Å². The Kier molecular flexibility index (Phi) is 6.33. The van der Waals surface area contributed by atoms with Gasteiger partial charge in [-0.1, -0.05) is 0 Å². The molecule has 6 nitrogen and oxygen atoms in total. The van der Waals surface area contributed by atoms with E-state index in [9.17, 15) is 18.4 Å². The average molecular weight is 378 g/mol. The summed E-state index contributed by atoms with van der Waals surface area (Å²) in [4.78, 5) is 23.7. The van der Waals surface area contributed by atoms with Crippen LogP contribution in [0.25, 0.3) is 0 Å². The molecule has 0 radical (unpaired) electrons. The molecule has 144 valence electrons. The second kappa shape index (κ2) is 8.48. The number of carbonyl (C=O) groups excluding carboxylic acids is 2. The number of hydrogen-bond donors (Lipinski definition) is 2.